The lowest BCUT2D eigenvalue weighted by Crippen LogP contribution is -2.44. The predicted molar refractivity (Wildman–Crippen MR) is 82.0 cm³/mol. The van der Waals surface area contributed by atoms with Crippen LogP contribution in [-0.2, 0) is 0 Å². The van der Waals surface area contributed by atoms with E-state index in [1.165, 1.54) is 32.1 Å². The van der Waals surface area contributed by atoms with Gasteiger partial charge in [0.25, 0.3) is 5.91 Å². The molecule has 3 nitrogen and oxygen atoms in total. The lowest BCUT2D eigenvalue weighted by molar-refractivity contribution is 0.0521. The van der Waals surface area contributed by atoms with E-state index in [1.807, 2.05) is 31.3 Å². The Morgan fingerprint density at radius 1 is 1.10 bits per heavy atom. The molecule has 0 spiro atoms. The van der Waals surface area contributed by atoms with Crippen LogP contribution in [0.25, 0.3) is 0 Å². The smallest absolute Gasteiger partial charge is 0.253 e. The molecule has 1 saturated carbocycles. The molecule has 1 heterocycles. The number of rotatable bonds is 2. The molecule has 1 aromatic rings. The molecule has 2 aliphatic rings. The van der Waals surface area contributed by atoms with Gasteiger partial charge >= 0.3 is 0 Å². The minimum absolute atomic E-state index is 0.205. The Morgan fingerprint density at radius 3 is 2.50 bits per heavy atom. The van der Waals surface area contributed by atoms with E-state index in [-0.39, 0.29) is 5.91 Å². The molecule has 0 radical (unpaired) electrons. The van der Waals surface area contributed by atoms with Gasteiger partial charge in [-0.05, 0) is 48.9 Å². The topological polar surface area (TPSA) is 32.3 Å². The summed E-state index contributed by atoms with van der Waals surface area (Å²) in [5.74, 6) is 1.83. The summed E-state index contributed by atoms with van der Waals surface area (Å²) in [5, 5.41) is 3.08. The third-order valence-electron chi connectivity index (χ3n) is 5.00. The van der Waals surface area contributed by atoms with Gasteiger partial charge < -0.3 is 10.2 Å². The fourth-order valence-electron chi connectivity index (χ4n) is 3.75. The van der Waals surface area contributed by atoms with Crippen LogP contribution >= 0.6 is 0 Å². The van der Waals surface area contributed by atoms with Gasteiger partial charge in [-0.25, -0.2) is 0 Å². The number of carbonyl (C=O) groups is 1. The summed E-state index contributed by atoms with van der Waals surface area (Å²) in [4.78, 5) is 14.6. The quantitative estimate of drug-likeness (QED) is 0.895. The van der Waals surface area contributed by atoms with Gasteiger partial charge in [-0.15, -0.1) is 0 Å². The molecule has 108 valence electrons. The Kier molecular flexibility index (Phi) is 3.95. The highest BCUT2D eigenvalue weighted by atomic mass is 16.2. The fourth-order valence-corrected chi connectivity index (χ4v) is 3.75. The highest BCUT2D eigenvalue weighted by Gasteiger charge is 2.33. The molecular weight excluding hydrogens is 248 g/mol. The van der Waals surface area contributed by atoms with Crippen molar-refractivity contribution in [3.8, 4) is 0 Å². The Bertz CT molecular complexity index is 468. The Morgan fingerprint density at radius 2 is 1.80 bits per heavy atom. The third-order valence-corrected chi connectivity index (χ3v) is 5.00. The summed E-state index contributed by atoms with van der Waals surface area (Å²) < 4.78 is 0. The summed E-state index contributed by atoms with van der Waals surface area (Å²) in [6.45, 7) is 1.91. The first-order valence-corrected chi connectivity index (χ1v) is 7.85. The van der Waals surface area contributed by atoms with Gasteiger partial charge in [0.2, 0.25) is 0 Å². The molecular formula is C17H24N2O. The monoisotopic (exact) mass is 272 g/mol. The first-order valence-electron chi connectivity index (χ1n) is 7.85. The maximum absolute atomic E-state index is 12.6. The van der Waals surface area contributed by atoms with E-state index in [1.54, 1.807) is 0 Å². The van der Waals surface area contributed by atoms with E-state index in [0.29, 0.717) is 0 Å². The molecule has 2 fully saturated rings. The normalized spacial score (nSPS) is 25.9. The minimum atomic E-state index is 0.205. The summed E-state index contributed by atoms with van der Waals surface area (Å²) in [6.07, 6.45) is 6.63. The number of nitrogens with one attached hydrogen (secondary N) is 1. The second kappa shape index (κ2) is 5.86. The molecule has 1 aliphatic carbocycles. The van der Waals surface area contributed by atoms with Crippen molar-refractivity contribution in [3.05, 3.63) is 29.8 Å². The van der Waals surface area contributed by atoms with Crippen LogP contribution in [0.5, 0.6) is 0 Å². The minimum Gasteiger partial charge on any atom is -0.388 e. The molecule has 1 aromatic carbocycles. The zero-order chi connectivity index (χ0) is 13.9. The number of anilines is 1. The van der Waals surface area contributed by atoms with Crippen LogP contribution in [0.1, 0.15) is 42.5 Å². The van der Waals surface area contributed by atoms with Gasteiger partial charge in [-0.2, -0.15) is 0 Å². The lowest BCUT2D eigenvalue weighted by Gasteiger charge is -2.41. The van der Waals surface area contributed by atoms with Crippen LogP contribution < -0.4 is 5.32 Å². The van der Waals surface area contributed by atoms with E-state index in [0.717, 1.165) is 36.2 Å². The molecule has 20 heavy (non-hydrogen) atoms. The molecule has 3 rings (SSSR count). The maximum atomic E-state index is 12.6. The fraction of sp³-hybridized carbons (Fsp3) is 0.588. The summed E-state index contributed by atoms with van der Waals surface area (Å²) >= 11 is 0. The zero-order valence-electron chi connectivity index (χ0n) is 12.3. The van der Waals surface area contributed by atoms with Gasteiger partial charge in [0.05, 0.1) is 0 Å². The second-order valence-corrected chi connectivity index (χ2v) is 6.17. The highest BCUT2D eigenvalue weighted by molar-refractivity contribution is 5.94. The summed E-state index contributed by atoms with van der Waals surface area (Å²) in [7, 11) is 1.89. The molecule has 1 saturated heterocycles. The SMILES string of the molecule is CNc1ccc(C(=O)N2CCC3CCCCC3C2)cc1. The van der Waals surface area contributed by atoms with Crippen LogP contribution in [-0.4, -0.2) is 30.9 Å². The Hall–Kier alpha value is -1.51. The van der Waals surface area contributed by atoms with E-state index >= 15 is 0 Å². The Labute approximate surface area is 121 Å². The number of carbonyl (C=O) groups excluding carboxylic acids is 1. The van der Waals surface area contributed by atoms with E-state index in [4.69, 9.17) is 0 Å². The largest absolute Gasteiger partial charge is 0.388 e. The van der Waals surface area contributed by atoms with Crippen molar-refractivity contribution in [2.45, 2.75) is 32.1 Å². The zero-order valence-corrected chi connectivity index (χ0v) is 12.3. The first kappa shape index (κ1) is 13.5. The molecule has 1 amide bonds. The highest BCUT2D eigenvalue weighted by Crippen LogP contribution is 2.36. The maximum Gasteiger partial charge on any atom is 0.253 e. The summed E-state index contributed by atoms with van der Waals surface area (Å²) in [5.41, 5.74) is 1.87. The number of amides is 1. The number of hydrogen-bond donors (Lipinski definition) is 1. The van der Waals surface area contributed by atoms with Crippen LogP contribution in [0, 0.1) is 11.8 Å². The second-order valence-electron chi connectivity index (χ2n) is 6.17. The number of hydrogen-bond acceptors (Lipinski definition) is 2. The third kappa shape index (κ3) is 2.67. The van der Waals surface area contributed by atoms with Crippen molar-refractivity contribution >= 4 is 11.6 Å². The summed E-state index contributed by atoms with van der Waals surface area (Å²) in [6, 6.07) is 7.81. The van der Waals surface area contributed by atoms with E-state index in [2.05, 4.69) is 10.2 Å². The van der Waals surface area contributed by atoms with Crippen molar-refractivity contribution in [1.82, 2.24) is 4.90 Å². The lowest BCUT2D eigenvalue weighted by atomic mass is 9.75. The van der Waals surface area contributed by atoms with Crippen molar-refractivity contribution in [2.24, 2.45) is 11.8 Å². The van der Waals surface area contributed by atoms with E-state index in [9.17, 15) is 4.79 Å². The van der Waals surface area contributed by atoms with Gasteiger partial charge in [0, 0.05) is 31.4 Å². The number of nitrogens with zero attached hydrogens (tertiary/aromatic N) is 1. The van der Waals surface area contributed by atoms with Gasteiger partial charge in [-0.3, -0.25) is 4.79 Å². The van der Waals surface area contributed by atoms with Crippen molar-refractivity contribution in [3.63, 3.8) is 0 Å². The number of likely N-dealkylation sites (tertiary alicyclic amines) is 1. The number of piperidine rings is 1. The van der Waals surface area contributed by atoms with Gasteiger partial charge in [0.15, 0.2) is 0 Å². The van der Waals surface area contributed by atoms with Crippen molar-refractivity contribution < 1.29 is 4.79 Å². The average molecular weight is 272 g/mol. The van der Waals surface area contributed by atoms with Gasteiger partial charge in [0.1, 0.15) is 0 Å². The number of benzene rings is 1. The van der Waals surface area contributed by atoms with Crippen LogP contribution in [0.3, 0.4) is 0 Å². The molecule has 1 N–H and O–H groups in total. The standard InChI is InChI=1S/C17H24N2O/c1-18-16-8-6-14(7-9-16)17(20)19-11-10-13-4-2-3-5-15(13)12-19/h6-9,13,15,18H,2-5,10-12H2,1H3. The Balaban J connectivity index is 1.67. The predicted octanol–water partition coefficient (Wildman–Crippen LogP) is 3.38. The number of fused-ring (bicyclic) bond motifs is 1. The molecule has 0 bridgehead atoms. The van der Waals surface area contributed by atoms with Crippen LogP contribution in [0.4, 0.5) is 5.69 Å². The van der Waals surface area contributed by atoms with E-state index < -0.39 is 0 Å². The molecule has 1 aliphatic heterocycles. The molecule has 0 aromatic heterocycles. The molecule has 2 unspecified atom stereocenters. The van der Waals surface area contributed by atoms with Crippen LogP contribution in [0.15, 0.2) is 24.3 Å². The average Bonchev–Trinajstić information content (AvgIpc) is 2.54. The van der Waals surface area contributed by atoms with Crippen molar-refractivity contribution in [1.29, 1.82) is 0 Å². The van der Waals surface area contributed by atoms with Crippen molar-refractivity contribution in [2.75, 3.05) is 25.5 Å². The van der Waals surface area contributed by atoms with Crippen LogP contribution in [0.2, 0.25) is 0 Å². The molecule has 3 heteroatoms. The first-order chi connectivity index (χ1) is 9.78. The van der Waals surface area contributed by atoms with Gasteiger partial charge in [-0.1, -0.05) is 19.3 Å². The molecule has 2 atom stereocenters.